The molecule has 0 saturated heterocycles. The summed E-state index contributed by atoms with van der Waals surface area (Å²) in [6.45, 7) is 3.79. The van der Waals surface area contributed by atoms with E-state index >= 15 is 0 Å². The molecule has 0 atom stereocenters. The maximum Gasteiger partial charge on any atom is 0.0438 e. The third kappa shape index (κ3) is 6.12. The first-order chi connectivity index (χ1) is 7.86. The van der Waals surface area contributed by atoms with Crippen LogP contribution >= 0.6 is 11.8 Å². The van der Waals surface area contributed by atoms with Crippen molar-refractivity contribution in [2.45, 2.75) is 51.5 Å². The smallest absolute Gasteiger partial charge is 0.0438 e. The van der Waals surface area contributed by atoms with E-state index in [1.54, 1.807) is 0 Å². The molecule has 0 aromatic carbocycles. The molecule has 96 valence electrons. The monoisotopic (exact) mass is 245 g/mol. The Hall–Kier alpha value is 0.270. The first-order valence-corrected chi connectivity index (χ1v) is 7.94. The Morgan fingerprint density at radius 1 is 1.19 bits per heavy atom. The van der Waals surface area contributed by atoms with E-state index in [1.165, 1.54) is 37.9 Å². The van der Waals surface area contributed by atoms with Gasteiger partial charge in [-0.15, -0.1) is 0 Å². The van der Waals surface area contributed by atoms with Crippen LogP contribution in [0.3, 0.4) is 0 Å². The SMILES string of the molecule is CCC1CCC(NCCSCCCO)CC1. The molecular formula is C13H27NOS. The maximum atomic E-state index is 8.65. The molecule has 16 heavy (non-hydrogen) atoms. The first kappa shape index (κ1) is 14.3. The van der Waals surface area contributed by atoms with E-state index in [9.17, 15) is 0 Å². The molecule has 2 N–H and O–H groups in total. The Balaban J connectivity index is 1.90. The largest absolute Gasteiger partial charge is 0.396 e. The molecular weight excluding hydrogens is 218 g/mol. The highest BCUT2D eigenvalue weighted by Gasteiger charge is 2.18. The Morgan fingerprint density at radius 3 is 2.56 bits per heavy atom. The van der Waals surface area contributed by atoms with Crippen molar-refractivity contribution >= 4 is 11.8 Å². The quantitative estimate of drug-likeness (QED) is 0.645. The highest BCUT2D eigenvalue weighted by molar-refractivity contribution is 7.99. The molecule has 2 nitrogen and oxygen atoms in total. The van der Waals surface area contributed by atoms with Crippen LogP contribution in [-0.4, -0.2) is 35.8 Å². The molecule has 1 aliphatic carbocycles. The van der Waals surface area contributed by atoms with E-state index < -0.39 is 0 Å². The van der Waals surface area contributed by atoms with Crippen LogP contribution in [0, 0.1) is 5.92 Å². The summed E-state index contributed by atoms with van der Waals surface area (Å²) in [6, 6.07) is 0.779. The van der Waals surface area contributed by atoms with Gasteiger partial charge in [0, 0.05) is 24.9 Å². The standard InChI is InChI=1S/C13H27NOS/c1-2-12-4-6-13(7-5-12)14-8-11-16-10-3-9-15/h12-15H,2-11H2,1H3. The summed E-state index contributed by atoms with van der Waals surface area (Å²) in [7, 11) is 0. The van der Waals surface area contributed by atoms with E-state index in [0.29, 0.717) is 6.61 Å². The normalized spacial score (nSPS) is 25.9. The second kappa shape index (κ2) is 9.32. The highest BCUT2D eigenvalue weighted by atomic mass is 32.2. The minimum Gasteiger partial charge on any atom is -0.396 e. The number of nitrogens with one attached hydrogen (secondary N) is 1. The van der Waals surface area contributed by atoms with Crippen molar-refractivity contribution in [2.24, 2.45) is 5.92 Å². The topological polar surface area (TPSA) is 32.3 Å². The van der Waals surface area contributed by atoms with Gasteiger partial charge in [-0.05, 0) is 43.8 Å². The predicted molar refractivity (Wildman–Crippen MR) is 73.1 cm³/mol. The molecule has 0 aliphatic heterocycles. The molecule has 0 aromatic heterocycles. The summed E-state index contributed by atoms with van der Waals surface area (Å²) < 4.78 is 0. The molecule has 1 aliphatic rings. The molecule has 1 rings (SSSR count). The van der Waals surface area contributed by atoms with E-state index in [4.69, 9.17) is 5.11 Å². The van der Waals surface area contributed by atoms with Crippen molar-refractivity contribution in [1.82, 2.24) is 5.32 Å². The van der Waals surface area contributed by atoms with Gasteiger partial charge in [-0.25, -0.2) is 0 Å². The lowest BCUT2D eigenvalue weighted by molar-refractivity contribution is 0.289. The summed E-state index contributed by atoms with van der Waals surface area (Å²) in [6.07, 6.45) is 7.90. The van der Waals surface area contributed by atoms with E-state index in [2.05, 4.69) is 12.2 Å². The van der Waals surface area contributed by atoms with Gasteiger partial charge in [0.2, 0.25) is 0 Å². The van der Waals surface area contributed by atoms with Crippen LogP contribution in [-0.2, 0) is 0 Å². The Kier molecular flexibility index (Phi) is 8.34. The molecule has 0 aromatic rings. The van der Waals surface area contributed by atoms with Gasteiger partial charge >= 0.3 is 0 Å². The fourth-order valence-electron chi connectivity index (χ4n) is 2.38. The van der Waals surface area contributed by atoms with Crippen LogP contribution in [0.4, 0.5) is 0 Å². The zero-order valence-corrected chi connectivity index (χ0v) is 11.4. The lowest BCUT2D eigenvalue weighted by atomic mass is 9.84. The fraction of sp³-hybridized carbons (Fsp3) is 1.00. The molecule has 0 bridgehead atoms. The Bertz CT molecular complexity index is 158. The van der Waals surface area contributed by atoms with Gasteiger partial charge in [-0.3, -0.25) is 0 Å². The van der Waals surface area contributed by atoms with Crippen molar-refractivity contribution in [3.63, 3.8) is 0 Å². The van der Waals surface area contributed by atoms with Crippen LogP contribution in [0.5, 0.6) is 0 Å². The molecule has 0 unspecified atom stereocenters. The van der Waals surface area contributed by atoms with Gasteiger partial charge in [0.1, 0.15) is 0 Å². The highest BCUT2D eigenvalue weighted by Crippen LogP contribution is 2.26. The van der Waals surface area contributed by atoms with Gasteiger partial charge in [-0.2, -0.15) is 11.8 Å². The van der Waals surface area contributed by atoms with Gasteiger partial charge in [0.25, 0.3) is 0 Å². The third-order valence-electron chi connectivity index (χ3n) is 3.55. The van der Waals surface area contributed by atoms with Crippen molar-refractivity contribution in [3.8, 4) is 0 Å². The third-order valence-corrected chi connectivity index (χ3v) is 4.62. The van der Waals surface area contributed by atoms with Gasteiger partial charge in [-0.1, -0.05) is 13.3 Å². The molecule has 1 saturated carbocycles. The van der Waals surface area contributed by atoms with E-state index in [-0.39, 0.29) is 0 Å². The summed E-state index contributed by atoms with van der Waals surface area (Å²) in [5.41, 5.74) is 0. The second-order valence-electron chi connectivity index (χ2n) is 4.77. The Morgan fingerprint density at radius 2 is 1.94 bits per heavy atom. The number of thioether (sulfide) groups is 1. The Labute approximate surface area is 105 Å². The first-order valence-electron chi connectivity index (χ1n) is 6.78. The zero-order valence-electron chi connectivity index (χ0n) is 10.6. The molecule has 0 spiro atoms. The molecule has 1 fully saturated rings. The number of hydrogen-bond acceptors (Lipinski definition) is 3. The number of aliphatic hydroxyl groups is 1. The van der Waals surface area contributed by atoms with Crippen molar-refractivity contribution in [3.05, 3.63) is 0 Å². The summed E-state index contributed by atoms with van der Waals surface area (Å²) >= 11 is 1.95. The molecule has 0 heterocycles. The zero-order chi connectivity index (χ0) is 11.6. The van der Waals surface area contributed by atoms with Gasteiger partial charge in [0.15, 0.2) is 0 Å². The second-order valence-corrected chi connectivity index (χ2v) is 5.99. The van der Waals surface area contributed by atoms with Crippen LogP contribution in [0.25, 0.3) is 0 Å². The lowest BCUT2D eigenvalue weighted by Gasteiger charge is -2.28. The van der Waals surface area contributed by atoms with Crippen LogP contribution in [0.15, 0.2) is 0 Å². The summed E-state index contributed by atoms with van der Waals surface area (Å²) in [4.78, 5) is 0. The van der Waals surface area contributed by atoms with Crippen LogP contribution in [0.2, 0.25) is 0 Å². The number of hydrogen-bond donors (Lipinski definition) is 2. The van der Waals surface area contributed by atoms with E-state index in [0.717, 1.165) is 30.7 Å². The van der Waals surface area contributed by atoms with Crippen LogP contribution in [0.1, 0.15) is 45.4 Å². The number of rotatable bonds is 8. The van der Waals surface area contributed by atoms with E-state index in [1.807, 2.05) is 11.8 Å². The maximum absolute atomic E-state index is 8.65. The summed E-state index contributed by atoms with van der Waals surface area (Å²) in [5, 5.41) is 12.3. The lowest BCUT2D eigenvalue weighted by Crippen LogP contribution is -2.34. The molecule has 0 radical (unpaired) electrons. The minimum atomic E-state index is 0.335. The van der Waals surface area contributed by atoms with Crippen molar-refractivity contribution in [2.75, 3.05) is 24.7 Å². The minimum absolute atomic E-state index is 0.335. The molecule has 0 amide bonds. The van der Waals surface area contributed by atoms with Crippen molar-refractivity contribution < 1.29 is 5.11 Å². The van der Waals surface area contributed by atoms with Gasteiger partial charge in [0.05, 0.1) is 0 Å². The number of aliphatic hydroxyl groups excluding tert-OH is 1. The summed E-state index contributed by atoms with van der Waals surface area (Å²) in [5.74, 6) is 3.28. The molecule has 3 heteroatoms. The average Bonchev–Trinajstić information content (AvgIpc) is 2.34. The van der Waals surface area contributed by atoms with Gasteiger partial charge < -0.3 is 10.4 Å². The van der Waals surface area contributed by atoms with Crippen LogP contribution < -0.4 is 5.32 Å². The van der Waals surface area contributed by atoms with Crippen molar-refractivity contribution in [1.29, 1.82) is 0 Å². The fourth-order valence-corrected chi connectivity index (χ4v) is 3.18. The predicted octanol–water partition coefficient (Wildman–Crippen LogP) is 2.66. The average molecular weight is 245 g/mol.